The van der Waals surface area contributed by atoms with Gasteiger partial charge in [-0.25, -0.2) is 0 Å². The normalized spacial score (nSPS) is 13.8. The van der Waals surface area contributed by atoms with Crippen molar-refractivity contribution in [2.45, 2.75) is 31.1 Å². The summed E-state index contributed by atoms with van der Waals surface area (Å²) in [7, 11) is 0. The van der Waals surface area contributed by atoms with E-state index in [2.05, 4.69) is 5.32 Å². The number of hydrogen-bond donors (Lipinski definition) is 1. The number of nitrogens with zero attached hydrogens (tertiary/aromatic N) is 1. The number of fused-ring (bicyclic) bond motifs is 1. The van der Waals surface area contributed by atoms with Crippen molar-refractivity contribution in [3.05, 3.63) is 24.3 Å². The van der Waals surface area contributed by atoms with Crippen LogP contribution in [-0.4, -0.2) is 30.7 Å². The zero-order valence-corrected chi connectivity index (χ0v) is 12.5. The lowest BCUT2D eigenvalue weighted by molar-refractivity contribution is -0.125. The molecule has 1 aromatic rings. The third-order valence-corrected chi connectivity index (χ3v) is 4.21. The zero-order valence-electron chi connectivity index (χ0n) is 11.7. The predicted molar refractivity (Wildman–Crippen MR) is 82.1 cm³/mol. The van der Waals surface area contributed by atoms with Gasteiger partial charge in [0.2, 0.25) is 11.8 Å². The van der Waals surface area contributed by atoms with E-state index in [1.54, 1.807) is 16.7 Å². The molecular weight excluding hydrogens is 272 g/mol. The molecule has 1 aliphatic rings. The molecule has 2 amide bonds. The quantitative estimate of drug-likeness (QED) is 0.907. The molecule has 1 heterocycles. The first-order valence-corrected chi connectivity index (χ1v) is 8.00. The van der Waals surface area contributed by atoms with Crippen LogP contribution in [0.2, 0.25) is 0 Å². The van der Waals surface area contributed by atoms with Gasteiger partial charge in [0.25, 0.3) is 0 Å². The van der Waals surface area contributed by atoms with Crippen LogP contribution in [0.4, 0.5) is 5.69 Å². The minimum Gasteiger partial charge on any atom is -0.356 e. The number of carbonyl (C=O) groups is 2. The largest absolute Gasteiger partial charge is 0.356 e. The van der Waals surface area contributed by atoms with Crippen molar-refractivity contribution in [3.63, 3.8) is 0 Å². The fraction of sp³-hybridized carbons (Fsp3) is 0.467. The highest BCUT2D eigenvalue weighted by atomic mass is 32.2. The summed E-state index contributed by atoms with van der Waals surface area (Å²) in [6.45, 7) is 3.40. The zero-order chi connectivity index (χ0) is 14.4. The van der Waals surface area contributed by atoms with Crippen LogP contribution < -0.4 is 10.2 Å². The van der Waals surface area contributed by atoms with E-state index >= 15 is 0 Å². The Bertz CT molecular complexity index is 491. The fourth-order valence-corrected chi connectivity index (χ4v) is 3.13. The number of benzene rings is 1. The van der Waals surface area contributed by atoms with Crippen molar-refractivity contribution < 1.29 is 9.59 Å². The molecule has 108 valence electrons. The average Bonchev–Trinajstić information content (AvgIpc) is 2.50. The van der Waals surface area contributed by atoms with Crippen LogP contribution in [-0.2, 0) is 9.59 Å². The average molecular weight is 292 g/mol. The van der Waals surface area contributed by atoms with E-state index in [-0.39, 0.29) is 24.7 Å². The number of thioether (sulfide) groups is 1. The lowest BCUT2D eigenvalue weighted by Crippen LogP contribution is -2.36. The van der Waals surface area contributed by atoms with Gasteiger partial charge < -0.3 is 10.2 Å². The van der Waals surface area contributed by atoms with E-state index in [1.807, 2.05) is 31.2 Å². The molecule has 0 radical (unpaired) electrons. The summed E-state index contributed by atoms with van der Waals surface area (Å²) >= 11 is 1.77. The first-order chi connectivity index (χ1) is 9.72. The smallest absolute Gasteiger partial charge is 0.227 e. The molecule has 0 unspecified atom stereocenters. The molecule has 5 heteroatoms. The Kier molecular flexibility index (Phi) is 5.47. The van der Waals surface area contributed by atoms with Crippen LogP contribution in [0, 0.1) is 0 Å². The molecule has 1 aromatic carbocycles. The van der Waals surface area contributed by atoms with Crippen LogP contribution in [0.25, 0.3) is 0 Å². The summed E-state index contributed by atoms with van der Waals surface area (Å²) in [4.78, 5) is 26.8. The van der Waals surface area contributed by atoms with Crippen LogP contribution >= 0.6 is 11.8 Å². The van der Waals surface area contributed by atoms with Gasteiger partial charge in [-0.15, -0.1) is 11.8 Å². The van der Waals surface area contributed by atoms with Gasteiger partial charge in [0.1, 0.15) is 0 Å². The van der Waals surface area contributed by atoms with Crippen molar-refractivity contribution in [3.8, 4) is 0 Å². The van der Waals surface area contributed by atoms with Gasteiger partial charge in [0.05, 0.1) is 5.69 Å². The molecule has 0 atom stereocenters. The lowest BCUT2D eigenvalue weighted by atomic mass is 10.2. The van der Waals surface area contributed by atoms with Gasteiger partial charge >= 0.3 is 0 Å². The summed E-state index contributed by atoms with van der Waals surface area (Å²) in [6, 6.07) is 7.93. The van der Waals surface area contributed by atoms with Crippen LogP contribution in [0.3, 0.4) is 0 Å². The molecule has 0 aliphatic carbocycles. The topological polar surface area (TPSA) is 49.4 Å². The third kappa shape index (κ3) is 3.76. The Labute approximate surface area is 123 Å². The molecule has 0 saturated carbocycles. The van der Waals surface area contributed by atoms with Crippen LogP contribution in [0.15, 0.2) is 29.2 Å². The Balaban J connectivity index is 1.92. The third-order valence-electron chi connectivity index (χ3n) is 3.17. The number of para-hydroxylation sites is 1. The highest BCUT2D eigenvalue weighted by Crippen LogP contribution is 2.34. The number of amides is 2. The Morgan fingerprint density at radius 1 is 1.30 bits per heavy atom. The molecule has 1 N–H and O–H groups in total. The Morgan fingerprint density at radius 2 is 2.10 bits per heavy atom. The van der Waals surface area contributed by atoms with Gasteiger partial charge in [0, 0.05) is 36.6 Å². The Morgan fingerprint density at radius 3 is 2.90 bits per heavy atom. The minimum absolute atomic E-state index is 0.0319. The number of rotatable bonds is 5. The van der Waals surface area contributed by atoms with Crippen molar-refractivity contribution in [1.29, 1.82) is 0 Å². The summed E-state index contributed by atoms with van der Waals surface area (Å²) in [5, 5.41) is 2.80. The van der Waals surface area contributed by atoms with Crippen molar-refractivity contribution in [2.24, 2.45) is 0 Å². The maximum absolute atomic E-state index is 12.3. The second-order valence-corrected chi connectivity index (χ2v) is 5.85. The van der Waals surface area contributed by atoms with Gasteiger partial charge in [-0.3, -0.25) is 9.59 Å². The summed E-state index contributed by atoms with van der Waals surface area (Å²) in [6.07, 6.45) is 1.45. The van der Waals surface area contributed by atoms with Crippen LogP contribution in [0.5, 0.6) is 0 Å². The van der Waals surface area contributed by atoms with Crippen molar-refractivity contribution in [2.75, 3.05) is 23.7 Å². The SMILES string of the molecule is CCCNC(=O)CCC(=O)N1CCSc2ccccc21. The van der Waals surface area contributed by atoms with E-state index in [0.717, 1.165) is 29.3 Å². The molecule has 0 bridgehead atoms. The maximum Gasteiger partial charge on any atom is 0.227 e. The summed E-state index contributed by atoms with van der Waals surface area (Å²) in [5.41, 5.74) is 0.975. The van der Waals surface area contributed by atoms with Crippen molar-refractivity contribution >= 4 is 29.3 Å². The highest BCUT2D eigenvalue weighted by Gasteiger charge is 2.22. The van der Waals surface area contributed by atoms with E-state index in [0.29, 0.717) is 6.54 Å². The van der Waals surface area contributed by atoms with Gasteiger partial charge in [-0.05, 0) is 18.6 Å². The van der Waals surface area contributed by atoms with Gasteiger partial charge in [-0.1, -0.05) is 19.1 Å². The number of hydrogen-bond acceptors (Lipinski definition) is 3. The first-order valence-electron chi connectivity index (χ1n) is 7.01. The van der Waals surface area contributed by atoms with E-state index in [9.17, 15) is 9.59 Å². The molecule has 4 nitrogen and oxygen atoms in total. The molecular formula is C15H20N2O2S. The predicted octanol–water partition coefficient (Wildman–Crippen LogP) is 2.43. The van der Waals surface area contributed by atoms with Crippen LogP contribution in [0.1, 0.15) is 26.2 Å². The molecule has 0 fully saturated rings. The molecule has 0 saturated heterocycles. The van der Waals surface area contributed by atoms with E-state index in [4.69, 9.17) is 0 Å². The first kappa shape index (κ1) is 14.9. The van der Waals surface area contributed by atoms with E-state index < -0.39 is 0 Å². The highest BCUT2D eigenvalue weighted by molar-refractivity contribution is 7.99. The van der Waals surface area contributed by atoms with Crippen molar-refractivity contribution in [1.82, 2.24) is 5.32 Å². The second kappa shape index (κ2) is 7.33. The lowest BCUT2D eigenvalue weighted by Gasteiger charge is -2.29. The summed E-state index contributed by atoms with van der Waals surface area (Å²) < 4.78 is 0. The Hall–Kier alpha value is -1.49. The molecule has 2 rings (SSSR count). The number of nitrogens with one attached hydrogen (secondary N) is 1. The minimum atomic E-state index is -0.0418. The molecule has 0 aromatic heterocycles. The molecule has 20 heavy (non-hydrogen) atoms. The standard InChI is InChI=1S/C15H20N2O2S/c1-2-9-16-14(18)7-8-15(19)17-10-11-20-13-6-4-3-5-12(13)17/h3-6H,2,7-11H2,1H3,(H,16,18). The number of carbonyl (C=O) groups excluding carboxylic acids is 2. The second-order valence-electron chi connectivity index (χ2n) is 4.71. The fourth-order valence-electron chi connectivity index (χ4n) is 2.14. The molecule has 0 spiro atoms. The van der Waals surface area contributed by atoms with Gasteiger partial charge in [0.15, 0.2) is 0 Å². The maximum atomic E-state index is 12.3. The molecule has 1 aliphatic heterocycles. The van der Waals surface area contributed by atoms with Gasteiger partial charge in [-0.2, -0.15) is 0 Å². The summed E-state index contributed by atoms with van der Waals surface area (Å²) in [5.74, 6) is 0.898. The van der Waals surface area contributed by atoms with E-state index in [1.165, 1.54) is 0 Å². The number of anilines is 1. The monoisotopic (exact) mass is 292 g/mol.